The van der Waals surface area contributed by atoms with Crippen LogP contribution >= 0.6 is 0 Å². The van der Waals surface area contributed by atoms with Gasteiger partial charge in [-0.1, -0.05) is 42.5 Å². The van der Waals surface area contributed by atoms with Crippen molar-refractivity contribution in [1.29, 1.82) is 0 Å². The van der Waals surface area contributed by atoms with Gasteiger partial charge in [0, 0.05) is 30.6 Å². The molecule has 2 aromatic carbocycles. The first-order chi connectivity index (χ1) is 14.7. The lowest BCUT2D eigenvalue weighted by Gasteiger charge is -2.14. The highest BCUT2D eigenvalue weighted by atomic mass is 16.5. The first-order valence-electron chi connectivity index (χ1n) is 9.70. The van der Waals surface area contributed by atoms with Crippen LogP contribution in [0.4, 0.5) is 17.3 Å². The molecule has 0 amide bonds. The zero-order valence-electron chi connectivity index (χ0n) is 17.0. The van der Waals surface area contributed by atoms with Crippen molar-refractivity contribution in [1.82, 2.24) is 15.0 Å². The molecule has 0 bridgehead atoms. The number of hydrogen-bond acceptors (Lipinski definition) is 6. The first kappa shape index (κ1) is 19.4. The van der Waals surface area contributed by atoms with E-state index in [-0.39, 0.29) is 0 Å². The second kappa shape index (κ2) is 9.05. The van der Waals surface area contributed by atoms with E-state index in [2.05, 4.69) is 15.6 Å². The third kappa shape index (κ3) is 4.72. The maximum Gasteiger partial charge on any atom is 0.163 e. The normalized spacial score (nSPS) is 10.5. The van der Waals surface area contributed by atoms with Crippen LogP contribution in [-0.4, -0.2) is 22.1 Å². The van der Waals surface area contributed by atoms with Crippen LogP contribution in [0, 0.1) is 6.92 Å². The Balaban J connectivity index is 1.67. The Morgan fingerprint density at radius 1 is 0.900 bits per heavy atom. The van der Waals surface area contributed by atoms with Crippen molar-refractivity contribution >= 4 is 17.3 Å². The molecule has 30 heavy (non-hydrogen) atoms. The Hall–Kier alpha value is -3.93. The number of anilines is 3. The van der Waals surface area contributed by atoms with Gasteiger partial charge in [0.25, 0.3) is 0 Å². The molecule has 0 aliphatic carbocycles. The van der Waals surface area contributed by atoms with Crippen LogP contribution in [0.3, 0.4) is 0 Å². The summed E-state index contributed by atoms with van der Waals surface area (Å²) in [5, 5.41) is 6.76. The quantitative estimate of drug-likeness (QED) is 0.446. The van der Waals surface area contributed by atoms with E-state index in [0.29, 0.717) is 18.2 Å². The van der Waals surface area contributed by atoms with Gasteiger partial charge in [-0.25, -0.2) is 9.97 Å². The van der Waals surface area contributed by atoms with E-state index in [4.69, 9.17) is 14.7 Å². The average molecular weight is 397 g/mol. The first-order valence-corrected chi connectivity index (χ1v) is 9.70. The van der Waals surface area contributed by atoms with Gasteiger partial charge < -0.3 is 15.4 Å². The number of nitrogens with zero attached hydrogens (tertiary/aromatic N) is 3. The van der Waals surface area contributed by atoms with Gasteiger partial charge in [0.1, 0.15) is 17.4 Å². The molecule has 0 atom stereocenters. The van der Waals surface area contributed by atoms with Crippen LogP contribution in [0.1, 0.15) is 11.1 Å². The van der Waals surface area contributed by atoms with Crippen LogP contribution < -0.4 is 15.4 Å². The largest absolute Gasteiger partial charge is 0.495 e. The molecule has 4 aromatic rings. The minimum Gasteiger partial charge on any atom is -0.495 e. The summed E-state index contributed by atoms with van der Waals surface area (Å²) in [6.07, 6.45) is 3.60. The van der Waals surface area contributed by atoms with Crippen molar-refractivity contribution < 1.29 is 4.74 Å². The number of aryl methyl sites for hydroxylation is 1. The maximum atomic E-state index is 5.49. The summed E-state index contributed by atoms with van der Waals surface area (Å²) >= 11 is 0. The molecule has 0 spiro atoms. The van der Waals surface area contributed by atoms with Gasteiger partial charge in [-0.15, -0.1) is 0 Å². The Morgan fingerprint density at radius 2 is 1.73 bits per heavy atom. The summed E-state index contributed by atoms with van der Waals surface area (Å²) in [5.41, 5.74) is 4.01. The van der Waals surface area contributed by atoms with Crippen LogP contribution in [-0.2, 0) is 6.54 Å². The number of aromatic nitrogens is 3. The van der Waals surface area contributed by atoms with E-state index in [1.165, 1.54) is 0 Å². The van der Waals surface area contributed by atoms with Gasteiger partial charge >= 0.3 is 0 Å². The molecule has 0 saturated heterocycles. The number of methoxy groups -OCH3 is 1. The van der Waals surface area contributed by atoms with Gasteiger partial charge in [-0.05, 0) is 36.2 Å². The average Bonchev–Trinajstić information content (AvgIpc) is 2.79. The standard InChI is InChI=1S/C24H23N5O/c1-17-10-11-21(30-2)20(13-17)27-23-14-22(26-16-18-7-6-12-25-15-18)28-24(29-23)19-8-4-3-5-9-19/h3-15H,16H2,1-2H3,(H2,26,27,28,29). The molecule has 2 aromatic heterocycles. The monoisotopic (exact) mass is 397 g/mol. The smallest absolute Gasteiger partial charge is 0.163 e. The van der Waals surface area contributed by atoms with Crippen molar-refractivity contribution in [3.8, 4) is 17.1 Å². The molecule has 4 rings (SSSR count). The fraction of sp³-hybridized carbons (Fsp3) is 0.125. The lowest BCUT2D eigenvalue weighted by atomic mass is 10.2. The van der Waals surface area contributed by atoms with Crippen molar-refractivity contribution in [3.05, 3.63) is 90.3 Å². The third-order valence-corrected chi connectivity index (χ3v) is 4.57. The van der Waals surface area contributed by atoms with Crippen molar-refractivity contribution in [3.63, 3.8) is 0 Å². The summed E-state index contributed by atoms with van der Waals surface area (Å²) < 4.78 is 5.49. The SMILES string of the molecule is COc1ccc(C)cc1Nc1cc(NCc2cccnc2)nc(-c2ccccc2)n1. The zero-order chi connectivity index (χ0) is 20.8. The molecule has 2 heterocycles. The van der Waals surface area contributed by atoms with Crippen LogP contribution in [0.25, 0.3) is 11.4 Å². The van der Waals surface area contributed by atoms with E-state index < -0.39 is 0 Å². The van der Waals surface area contributed by atoms with Crippen LogP contribution in [0.2, 0.25) is 0 Å². The molecular formula is C24H23N5O. The Morgan fingerprint density at radius 3 is 2.50 bits per heavy atom. The van der Waals surface area contributed by atoms with Gasteiger partial charge in [0.15, 0.2) is 5.82 Å². The van der Waals surface area contributed by atoms with Crippen molar-refractivity contribution in [2.75, 3.05) is 17.7 Å². The summed E-state index contributed by atoms with van der Waals surface area (Å²) in [7, 11) is 1.66. The molecule has 0 fully saturated rings. The number of benzene rings is 2. The van der Waals surface area contributed by atoms with Crippen LogP contribution in [0.15, 0.2) is 79.1 Å². The lowest BCUT2D eigenvalue weighted by molar-refractivity contribution is 0.416. The van der Waals surface area contributed by atoms with E-state index in [9.17, 15) is 0 Å². The highest BCUT2D eigenvalue weighted by Crippen LogP contribution is 2.29. The minimum absolute atomic E-state index is 0.617. The predicted octanol–water partition coefficient (Wildman–Crippen LogP) is 5.21. The van der Waals surface area contributed by atoms with Crippen molar-refractivity contribution in [2.45, 2.75) is 13.5 Å². The number of hydrogen-bond donors (Lipinski definition) is 2. The molecule has 150 valence electrons. The van der Waals surface area contributed by atoms with Crippen molar-refractivity contribution in [2.24, 2.45) is 0 Å². The lowest BCUT2D eigenvalue weighted by Crippen LogP contribution is -2.06. The summed E-state index contributed by atoms with van der Waals surface area (Å²) in [5.74, 6) is 2.80. The third-order valence-electron chi connectivity index (χ3n) is 4.57. The van der Waals surface area contributed by atoms with Crippen LogP contribution in [0.5, 0.6) is 5.75 Å². The Labute approximate surface area is 176 Å². The molecule has 6 heteroatoms. The summed E-state index contributed by atoms with van der Waals surface area (Å²) in [6, 6.07) is 21.8. The number of rotatable bonds is 7. The Bertz CT molecular complexity index is 1120. The minimum atomic E-state index is 0.617. The molecule has 0 radical (unpaired) electrons. The molecule has 0 aliphatic heterocycles. The molecule has 0 unspecified atom stereocenters. The predicted molar refractivity (Wildman–Crippen MR) is 120 cm³/mol. The highest BCUT2D eigenvalue weighted by Gasteiger charge is 2.10. The molecule has 0 aliphatic rings. The van der Waals surface area contributed by atoms with E-state index in [1.807, 2.05) is 79.9 Å². The van der Waals surface area contributed by atoms with E-state index in [1.54, 1.807) is 13.3 Å². The molecule has 6 nitrogen and oxygen atoms in total. The number of ether oxygens (including phenoxy) is 1. The Kier molecular flexibility index (Phi) is 5.85. The van der Waals surface area contributed by atoms with Gasteiger partial charge in [0.05, 0.1) is 12.8 Å². The van der Waals surface area contributed by atoms with Gasteiger partial charge in [-0.3, -0.25) is 4.98 Å². The van der Waals surface area contributed by atoms with Gasteiger partial charge in [-0.2, -0.15) is 0 Å². The zero-order valence-corrected chi connectivity index (χ0v) is 17.0. The molecule has 0 saturated carbocycles. The summed E-state index contributed by atoms with van der Waals surface area (Å²) in [4.78, 5) is 13.6. The molecular weight excluding hydrogens is 374 g/mol. The van der Waals surface area contributed by atoms with E-state index >= 15 is 0 Å². The highest BCUT2D eigenvalue weighted by molar-refractivity contribution is 5.69. The molecule has 2 N–H and O–H groups in total. The van der Waals surface area contributed by atoms with E-state index in [0.717, 1.165) is 33.9 Å². The second-order valence-electron chi connectivity index (χ2n) is 6.87. The summed E-state index contributed by atoms with van der Waals surface area (Å²) in [6.45, 7) is 2.66. The van der Waals surface area contributed by atoms with Gasteiger partial charge in [0.2, 0.25) is 0 Å². The fourth-order valence-electron chi connectivity index (χ4n) is 3.07. The fourth-order valence-corrected chi connectivity index (χ4v) is 3.07. The maximum absolute atomic E-state index is 5.49. The topological polar surface area (TPSA) is 72.0 Å². The second-order valence-corrected chi connectivity index (χ2v) is 6.87. The number of nitrogens with one attached hydrogen (secondary N) is 2. The number of pyridine rings is 1.